The van der Waals surface area contributed by atoms with Crippen LogP contribution in [0.5, 0.6) is 0 Å². The van der Waals surface area contributed by atoms with Crippen LogP contribution in [-0.2, 0) is 11.8 Å². The van der Waals surface area contributed by atoms with Crippen LogP contribution in [0.15, 0.2) is 35.2 Å². The molecule has 0 N–H and O–H groups in total. The smallest absolute Gasteiger partial charge is 0.0239 e. The molecule has 0 atom stereocenters. The first-order valence-corrected chi connectivity index (χ1v) is 6.98. The molecule has 0 saturated heterocycles. The third kappa shape index (κ3) is 2.01. The van der Waals surface area contributed by atoms with Crippen molar-refractivity contribution in [2.75, 3.05) is 0 Å². The zero-order chi connectivity index (χ0) is 11.6. The molecule has 1 aromatic heterocycles. The van der Waals surface area contributed by atoms with Crippen molar-refractivity contribution < 1.29 is 0 Å². The van der Waals surface area contributed by atoms with E-state index in [1.54, 1.807) is 10.4 Å². The number of allylic oxidation sites excluding steroid dienone is 4. The van der Waals surface area contributed by atoms with Crippen LogP contribution >= 0.6 is 11.3 Å². The number of thiophene rings is 1. The van der Waals surface area contributed by atoms with Crippen molar-refractivity contribution in [3.63, 3.8) is 0 Å². The lowest BCUT2D eigenvalue weighted by Gasteiger charge is -2.26. The van der Waals surface area contributed by atoms with E-state index in [2.05, 4.69) is 50.4 Å². The zero-order valence-corrected chi connectivity index (χ0v) is 11.2. The van der Waals surface area contributed by atoms with E-state index in [1.165, 1.54) is 18.4 Å². The summed E-state index contributed by atoms with van der Waals surface area (Å²) in [6.45, 7) is 6.95. The average molecular weight is 232 g/mol. The van der Waals surface area contributed by atoms with Crippen LogP contribution in [0.2, 0.25) is 0 Å². The van der Waals surface area contributed by atoms with E-state index in [0.717, 1.165) is 6.42 Å². The fourth-order valence-electron chi connectivity index (χ4n) is 2.40. The molecule has 1 aromatic rings. The molecule has 0 aliphatic heterocycles. The Labute approximate surface area is 103 Å². The molecule has 2 rings (SSSR count). The van der Waals surface area contributed by atoms with Gasteiger partial charge in [0.15, 0.2) is 0 Å². The Hall–Kier alpha value is -0.820. The van der Waals surface area contributed by atoms with E-state index in [0.29, 0.717) is 0 Å². The van der Waals surface area contributed by atoms with Gasteiger partial charge in [0.2, 0.25) is 0 Å². The minimum absolute atomic E-state index is 0.186. The summed E-state index contributed by atoms with van der Waals surface area (Å²) in [5, 5.41) is 2.24. The van der Waals surface area contributed by atoms with Crippen LogP contribution in [-0.4, -0.2) is 0 Å². The van der Waals surface area contributed by atoms with Crippen LogP contribution < -0.4 is 0 Å². The van der Waals surface area contributed by atoms with Crippen molar-refractivity contribution in [1.82, 2.24) is 0 Å². The SMILES string of the molecule is CCCc1ccsc1C(C)(C)C1=CCC=C1. The summed E-state index contributed by atoms with van der Waals surface area (Å²) in [6.07, 6.45) is 10.4. The molecule has 1 aliphatic carbocycles. The molecule has 1 aliphatic rings. The van der Waals surface area contributed by atoms with E-state index >= 15 is 0 Å². The maximum atomic E-state index is 2.36. The van der Waals surface area contributed by atoms with Crippen LogP contribution in [0, 0.1) is 0 Å². The first-order valence-electron chi connectivity index (χ1n) is 6.10. The van der Waals surface area contributed by atoms with Gasteiger partial charge in [0.25, 0.3) is 0 Å². The van der Waals surface area contributed by atoms with Gasteiger partial charge in [-0.2, -0.15) is 0 Å². The number of hydrogen-bond acceptors (Lipinski definition) is 1. The normalized spacial score (nSPS) is 15.6. The van der Waals surface area contributed by atoms with Crippen LogP contribution in [0.1, 0.15) is 44.1 Å². The molecule has 0 nitrogen and oxygen atoms in total. The standard InChI is InChI=1S/C15H20S/c1-4-7-12-10-11-16-14(12)15(2,3)13-8-5-6-9-13/h5,8-11H,4,6-7H2,1-3H3. The van der Waals surface area contributed by atoms with Gasteiger partial charge in [-0.15, -0.1) is 11.3 Å². The lowest BCUT2D eigenvalue weighted by Crippen LogP contribution is -2.18. The quantitative estimate of drug-likeness (QED) is 0.695. The summed E-state index contributed by atoms with van der Waals surface area (Å²) in [5.74, 6) is 0. The monoisotopic (exact) mass is 232 g/mol. The van der Waals surface area contributed by atoms with Crippen molar-refractivity contribution in [3.8, 4) is 0 Å². The van der Waals surface area contributed by atoms with E-state index in [4.69, 9.17) is 0 Å². The van der Waals surface area contributed by atoms with E-state index < -0.39 is 0 Å². The van der Waals surface area contributed by atoms with Crippen LogP contribution in [0.3, 0.4) is 0 Å². The molecule has 86 valence electrons. The molecule has 1 heterocycles. The van der Waals surface area contributed by atoms with Crippen molar-refractivity contribution in [2.45, 2.75) is 45.4 Å². The van der Waals surface area contributed by atoms with E-state index in [1.807, 2.05) is 11.3 Å². The lowest BCUT2D eigenvalue weighted by molar-refractivity contribution is 0.645. The third-order valence-corrected chi connectivity index (χ3v) is 4.61. The van der Waals surface area contributed by atoms with Gasteiger partial charge in [0.05, 0.1) is 0 Å². The van der Waals surface area contributed by atoms with E-state index in [-0.39, 0.29) is 5.41 Å². The molecule has 0 amide bonds. The maximum Gasteiger partial charge on any atom is 0.0239 e. The highest BCUT2D eigenvalue weighted by atomic mass is 32.1. The Morgan fingerprint density at radius 2 is 2.19 bits per heavy atom. The van der Waals surface area contributed by atoms with Crippen molar-refractivity contribution in [1.29, 1.82) is 0 Å². The van der Waals surface area contributed by atoms with Gasteiger partial charge in [0.1, 0.15) is 0 Å². The highest BCUT2D eigenvalue weighted by Gasteiger charge is 2.28. The first-order chi connectivity index (χ1) is 7.66. The molecule has 0 radical (unpaired) electrons. The summed E-state index contributed by atoms with van der Waals surface area (Å²) in [7, 11) is 0. The van der Waals surface area contributed by atoms with Gasteiger partial charge in [-0.1, -0.05) is 45.4 Å². The van der Waals surface area contributed by atoms with Gasteiger partial charge in [0, 0.05) is 10.3 Å². The van der Waals surface area contributed by atoms with Gasteiger partial charge in [-0.25, -0.2) is 0 Å². The Morgan fingerprint density at radius 1 is 1.38 bits per heavy atom. The summed E-state index contributed by atoms with van der Waals surface area (Å²) in [5.41, 5.74) is 3.21. The highest BCUT2D eigenvalue weighted by Crippen LogP contribution is 2.39. The van der Waals surface area contributed by atoms with Crippen molar-refractivity contribution in [3.05, 3.63) is 45.7 Å². The second-order valence-corrected chi connectivity index (χ2v) is 5.86. The summed E-state index contributed by atoms with van der Waals surface area (Å²) >= 11 is 1.91. The highest BCUT2D eigenvalue weighted by molar-refractivity contribution is 7.10. The number of hydrogen-bond donors (Lipinski definition) is 0. The Morgan fingerprint density at radius 3 is 2.81 bits per heavy atom. The topological polar surface area (TPSA) is 0 Å². The molecule has 0 unspecified atom stereocenters. The average Bonchev–Trinajstić information content (AvgIpc) is 2.88. The molecule has 1 heteroatoms. The Balaban J connectivity index is 2.34. The molecular formula is C15H20S. The summed E-state index contributed by atoms with van der Waals surface area (Å²) in [6, 6.07) is 2.30. The van der Waals surface area contributed by atoms with Gasteiger partial charge in [-0.05, 0) is 35.4 Å². The van der Waals surface area contributed by atoms with Crippen LogP contribution in [0.4, 0.5) is 0 Å². The largest absolute Gasteiger partial charge is 0.148 e. The molecule has 0 aromatic carbocycles. The first kappa shape index (κ1) is 11.7. The molecular weight excluding hydrogens is 212 g/mol. The fraction of sp³-hybridized carbons (Fsp3) is 0.467. The van der Waals surface area contributed by atoms with Crippen molar-refractivity contribution >= 4 is 11.3 Å². The lowest BCUT2D eigenvalue weighted by atomic mass is 9.81. The second-order valence-electron chi connectivity index (χ2n) is 4.95. The minimum Gasteiger partial charge on any atom is -0.148 e. The van der Waals surface area contributed by atoms with Crippen molar-refractivity contribution in [2.24, 2.45) is 0 Å². The second kappa shape index (κ2) is 4.58. The Bertz CT molecular complexity index is 418. The predicted molar refractivity (Wildman–Crippen MR) is 73.2 cm³/mol. The van der Waals surface area contributed by atoms with E-state index in [9.17, 15) is 0 Å². The fourth-order valence-corrected chi connectivity index (χ4v) is 3.51. The molecule has 0 fully saturated rings. The Kier molecular flexibility index (Phi) is 3.34. The van der Waals surface area contributed by atoms with Gasteiger partial charge in [-0.3, -0.25) is 0 Å². The maximum absolute atomic E-state index is 2.36. The zero-order valence-electron chi connectivity index (χ0n) is 10.4. The molecule has 0 bridgehead atoms. The minimum atomic E-state index is 0.186. The number of rotatable bonds is 4. The summed E-state index contributed by atoms with van der Waals surface area (Å²) in [4.78, 5) is 1.55. The third-order valence-electron chi connectivity index (χ3n) is 3.33. The van der Waals surface area contributed by atoms with Gasteiger partial charge >= 0.3 is 0 Å². The predicted octanol–water partition coefficient (Wildman–Crippen LogP) is 4.86. The molecule has 16 heavy (non-hydrogen) atoms. The van der Waals surface area contributed by atoms with Crippen LogP contribution in [0.25, 0.3) is 0 Å². The summed E-state index contributed by atoms with van der Waals surface area (Å²) < 4.78 is 0. The molecule has 0 saturated carbocycles. The molecule has 0 spiro atoms. The number of aryl methyl sites for hydroxylation is 1. The van der Waals surface area contributed by atoms with Gasteiger partial charge < -0.3 is 0 Å².